The summed E-state index contributed by atoms with van der Waals surface area (Å²) in [4.78, 5) is 12.6. The van der Waals surface area contributed by atoms with Crippen LogP contribution in [0.4, 0.5) is 13.2 Å². The van der Waals surface area contributed by atoms with Gasteiger partial charge in [0.05, 0.1) is 22.6 Å². The summed E-state index contributed by atoms with van der Waals surface area (Å²) in [6, 6.07) is 8.28. The highest BCUT2D eigenvalue weighted by Gasteiger charge is 2.31. The highest BCUT2D eigenvalue weighted by molar-refractivity contribution is 7.99. The SMILES string of the molecule is CC(=O)OCCc1c(C)c(Sc2ccc(S(C)(=O)=O)cc2)c2cc(C(F)(F)F)ccn12. The number of alkyl halides is 3. The molecule has 3 aromatic rings. The van der Waals surface area contributed by atoms with Crippen LogP contribution in [0.3, 0.4) is 0 Å². The maximum Gasteiger partial charge on any atom is 0.416 e. The van der Waals surface area contributed by atoms with E-state index < -0.39 is 27.5 Å². The number of nitrogens with zero attached hydrogens (tertiary/aromatic N) is 1. The van der Waals surface area contributed by atoms with Gasteiger partial charge in [-0.15, -0.1) is 0 Å². The van der Waals surface area contributed by atoms with Crippen LogP contribution in [0.25, 0.3) is 5.52 Å². The zero-order valence-electron chi connectivity index (χ0n) is 17.0. The minimum absolute atomic E-state index is 0.108. The number of carbonyl (C=O) groups excluding carboxylic acids is 1. The van der Waals surface area contributed by atoms with Gasteiger partial charge in [0.2, 0.25) is 0 Å². The quantitative estimate of drug-likeness (QED) is 0.477. The number of hydrogen-bond acceptors (Lipinski definition) is 5. The first-order valence-corrected chi connectivity index (χ1v) is 11.9. The zero-order valence-corrected chi connectivity index (χ0v) is 18.6. The van der Waals surface area contributed by atoms with Gasteiger partial charge >= 0.3 is 12.1 Å². The van der Waals surface area contributed by atoms with Crippen LogP contribution in [0, 0.1) is 6.92 Å². The fraction of sp³-hybridized carbons (Fsp3) is 0.286. The zero-order chi connectivity index (χ0) is 23.0. The van der Waals surface area contributed by atoms with Crippen LogP contribution in [0.15, 0.2) is 57.3 Å². The lowest BCUT2D eigenvalue weighted by atomic mass is 10.2. The molecule has 0 fully saturated rings. The van der Waals surface area contributed by atoms with Gasteiger partial charge < -0.3 is 9.14 Å². The van der Waals surface area contributed by atoms with E-state index in [0.29, 0.717) is 21.7 Å². The van der Waals surface area contributed by atoms with E-state index in [0.717, 1.165) is 29.6 Å². The summed E-state index contributed by atoms with van der Waals surface area (Å²) in [5, 5.41) is 0. The lowest BCUT2D eigenvalue weighted by Crippen LogP contribution is -2.07. The van der Waals surface area contributed by atoms with E-state index in [9.17, 15) is 26.4 Å². The first-order chi connectivity index (χ1) is 14.4. The molecule has 10 heteroatoms. The van der Waals surface area contributed by atoms with Crippen molar-refractivity contribution in [2.24, 2.45) is 0 Å². The molecule has 31 heavy (non-hydrogen) atoms. The van der Waals surface area contributed by atoms with E-state index >= 15 is 0 Å². The van der Waals surface area contributed by atoms with Crippen molar-refractivity contribution in [3.8, 4) is 0 Å². The maximum absolute atomic E-state index is 13.3. The van der Waals surface area contributed by atoms with Gasteiger partial charge in [0.1, 0.15) is 0 Å². The van der Waals surface area contributed by atoms with Crippen molar-refractivity contribution in [2.75, 3.05) is 12.9 Å². The largest absolute Gasteiger partial charge is 0.465 e. The molecule has 0 unspecified atom stereocenters. The van der Waals surface area contributed by atoms with E-state index in [1.165, 1.54) is 37.0 Å². The first kappa shape index (κ1) is 23.2. The number of sulfone groups is 1. The van der Waals surface area contributed by atoms with E-state index in [2.05, 4.69) is 0 Å². The number of esters is 1. The minimum Gasteiger partial charge on any atom is -0.465 e. The summed E-state index contributed by atoms with van der Waals surface area (Å²) in [7, 11) is -3.35. The average molecular weight is 472 g/mol. The van der Waals surface area contributed by atoms with Crippen molar-refractivity contribution in [3.63, 3.8) is 0 Å². The Morgan fingerprint density at radius 1 is 1.16 bits per heavy atom. The molecule has 2 aromatic heterocycles. The van der Waals surface area contributed by atoms with Gasteiger partial charge in [-0.05, 0) is 48.9 Å². The van der Waals surface area contributed by atoms with Crippen LogP contribution < -0.4 is 0 Å². The number of ether oxygens (including phenoxy) is 1. The molecule has 0 bridgehead atoms. The van der Waals surface area contributed by atoms with Crippen LogP contribution in [0.2, 0.25) is 0 Å². The predicted molar refractivity (Wildman–Crippen MR) is 111 cm³/mol. The molecule has 0 aliphatic rings. The molecule has 0 atom stereocenters. The Morgan fingerprint density at radius 2 is 1.81 bits per heavy atom. The highest BCUT2D eigenvalue weighted by atomic mass is 32.2. The van der Waals surface area contributed by atoms with Crippen molar-refractivity contribution >= 4 is 33.1 Å². The standard InChI is InChI=1S/C21H20F3NO4S2/c1-13-18(9-11-29-14(2)26)25-10-8-15(21(22,23)24)12-19(25)20(13)30-16-4-6-17(7-5-16)31(3,27)28/h4-8,10,12H,9,11H2,1-3H3. The second-order valence-corrected chi connectivity index (χ2v) is 10.1. The Kier molecular flexibility index (Phi) is 6.43. The fourth-order valence-electron chi connectivity index (χ4n) is 3.19. The Bertz CT molecular complexity index is 1230. The van der Waals surface area contributed by atoms with Gasteiger partial charge in [-0.2, -0.15) is 13.2 Å². The summed E-state index contributed by atoms with van der Waals surface area (Å²) in [5.41, 5.74) is 1.12. The third-order valence-electron chi connectivity index (χ3n) is 4.70. The molecule has 0 radical (unpaired) electrons. The topological polar surface area (TPSA) is 64.9 Å². The molecule has 0 aliphatic heterocycles. The molecule has 166 valence electrons. The van der Waals surface area contributed by atoms with E-state index in [-0.39, 0.29) is 11.5 Å². The molecule has 0 aliphatic carbocycles. The van der Waals surface area contributed by atoms with Gasteiger partial charge in [-0.25, -0.2) is 8.42 Å². The van der Waals surface area contributed by atoms with Crippen molar-refractivity contribution < 1.29 is 31.1 Å². The van der Waals surface area contributed by atoms with E-state index in [4.69, 9.17) is 4.74 Å². The smallest absolute Gasteiger partial charge is 0.416 e. The lowest BCUT2D eigenvalue weighted by molar-refractivity contribution is -0.141. The first-order valence-electron chi connectivity index (χ1n) is 9.20. The molecule has 0 saturated carbocycles. The average Bonchev–Trinajstić information content (AvgIpc) is 2.92. The molecule has 0 N–H and O–H groups in total. The second kappa shape index (κ2) is 8.58. The van der Waals surface area contributed by atoms with Crippen LogP contribution in [-0.2, 0) is 32.0 Å². The molecule has 2 heterocycles. The van der Waals surface area contributed by atoms with Crippen LogP contribution in [-0.4, -0.2) is 31.7 Å². The summed E-state index contributed by atoms with van der Waals surface area (Å²) < 4.78 is 69.9. The van der Waals surface area contributed by atoms with Crippen molar-refractivity contribution in [3.05, 3.63) is 59.4 Å². The molecule has 0 spiro atoms. The van der Waals surface area contributed by atoms with E-state index in [1.54, 1.807) is 23.5 Å². The summed E-state index contributed by atoms with van der Waals surface area (Å²) in [6.45, 7) is 3.20. The van der Waals surface area contributed by atoms with Crippen molar-refractivity contribution in [1.82, 2.24) is 4.40 Å². The molecule has 0 amide bonds. The van der Waals surface area contributed by atoms with Gasteiger partial charge in [-0.1, -0.05) is 11.8 Å². The molecule has 1 aromatic carbocycles. The Morgan fingerprint density at radius 3 is 2.35 bits per heavy atom. The number of hydrogen-bond donors (Lipinski definition) is 0. The predicted octanol–water partition coefficient (Wildman–Crippen LogP) is 4.93. The summed E-state index contributed by atoms with van der Waals surface area (Å²) in [5.74, 6) is -0.432. The molecule has 5 nitrogen and oxygen atoms in total. The van der Waals surface area contributed by atoms with Crippen LogP contribution in [0.1, 0.15) is 23.7 Å². The van der Waals surface area contributed by atoms with Crippen LogP contribution >= 0.6 is 11.8 Å². The van der Waals surface area contributed by atoms with E-state index in [1.807, 2.05) is 0 Å². The Balaban J connectivity index is 2.07. The van der Waals surface area contributed by atoms with Crippen molar-refractivity contribution in [2.45, 2.75) is 41.1 Å². The van der Waals surface area contributed by atoms with Crippen molar-refractivity contribution in [1.29, 1.82) is 0 Å². The van der Waals surface area contributed by atoms with Gasteiger partial charge in [0.25, 0.3) is 0 Å². The fourth-order valence-corrected chi connectivity index (χ4v) is 4.86. The highest BCUT2D eigenvalue weighted by Crippen LogP contribution is 2.39. The second-order valence-electron chi connectivity index (χ2n) is 7.00. The Labute approximate surface area is 182 Å². The van der Waals surface area contributed by atoms with Crippen LogP contribution in [0.5, 0.6) is 0 Å². The molecular weight excluding hydrogens is 451 g/mol. The molecule has 3 rings (SSSR count). The number of halogens is 3. The summed E-state index contributed by atoms with van der Waals surface area (Å²) >= 11 is 1.25. The number of fused-ring (bicyclic) bond motifs is 1. The Hall–Kier alpha value is -2.46. The number of aromatic nitrogens is 1. The van der Waals surface area contributed by atoms with Gasteiger partial charge in [-0.3, -0.25) is 4.79 Å². The monoisotopic (exact) mass is 471 g/mol. The summed E-state index contributed by atoms with van der Waals surface area (Å²) in [6.07, 6.45) is -1.68. The van der Waals surface area contributed by atoms with Gasteiger partial charge in [0, 0.05) is 41.3 Å². The molecular formula is C21H20F3NO4S2. The number of rotatable bonds is 6. The number of benzene rings is 1. The number of carbonyl (C=O) groups is 1. The lowest BCUT2D eigenvalue weighted by Gasteiger charge is -2.09. The number of pyridine rings is 1. The minimum atomic E-state index is -4.49. The maximum atomic E-state index is 13.3. The normalized spacial score (nSPS) is 12.3. The third kappa shape index (κ3) is 5.24. The third-order valence-corrected chi connectivity index (χ3v) is 7.05. The van der Waals surface area contributed by atoms with Gasteiger partial charge in [0.15, 0.2) is 9.84 Å². The molecule has 0 saturated heterocycles.